The van der Waals surface area contributed by atoms with Gasteiger partial charge in [-0.2, -0.15) is 5.10 Å². The Kier molecular flexibility index (Phi) is 2.33. The third kappa shape index (κ3) is 1.56. The second kappa shape index (κ2) is 3.88. The van der Waals surface area contributed by atoms with Crippen LogP contribution in [0.25, 0.3) is 16.6 Å². The Morgan fingerprint density at radius 3 is 2.50 bits per heavy atom. The van der Waals surface area contributed by atoms with Gasteiger partial charge in [-0.05, 0) is 43.7 Å². The zero-order valence-electron chi connectivity index (χ0n) is 10.4. The number of fused-ring (bicyclic) bond motifs is 1. The molecule has 0 fully saturated rings. The van der Waals surface area contributed by atoms with Crippen LogP contribution < -0.4 is 0 Å². The van der Waals surface area contributed by atoms with Crippen LogP contribution in [-0.2, 0) is 0 Å². The summed E-state index contributed by atoms with van der Waals surface area (Å²) in [5.41, 5.74) is 3.79. The van der Waals surface area contributed by atoms with Crippen LogP contribution in [0.3, 0.4) is 0 Å². The summed E-state index contributed by atoms with van der Waals surface area (Å²) in [5, 5.41) is 15.4. The number of aryl methyl sites for hydroxylation is 2. The molecule has 0 unspecified atom stereocenters. The molecule has 0 spiro atoms. The summed E-state index contributed by atoms with van der Waals surface area (Å²) in [5.74, 6) is 0.296. The molecular weight excluding hydrogens is 224 g/mol. The third-order valence-electron chi connectivity index (χ3n) is 3.13. The minimum atomic E-state index is 0.296. The SMILES string of the molecule is Cc1cc(O)c2c(C)n(-c3ccccc3)nc2c1. The first kappa shape index (κ1) is 10.8. The van der Waals surface area contributed by atoms with Crippen molar-refractivity contribution in [2.75, 3.05) is 0 Å². The highest BCUT2D eigenvalue weighted by atomic mass is 16.3. The average molecular weight is 238 g/mol. The molecule has 0 radical (unpaired) electrons. The summed E-state index contributed by atoms with van der Waals surface area (Å²) in [6.45, 7) is 3.92. The molecule has 0 saturated heterocycles. The van der Waals surface area contributed by atoms with Gasteiger partial charge in [0.25, 0.3) is 0 Å². The predicted molar refractivity (Wildman–Crippen MR) is 72.2 cm³/mol. The van der Waals surface area contributed by atoms with Crippen molar-refractivity contribution in [1.29, 1.82) is 0 Å². The summed E-state index contributed by atoms with van der Waals surface area (Å²) in [7, 11) is 0. The number of benzene rings is 2. The molecule has 1 aromatic heterocycles. The minimum absolute atomic E-state index is 0.296. The lowest BCUT2D eigenvalue weighted by atomic mass is 10.1. The highest BCUT2D eigenvalue weighted by Crippen LogP contribution is 2.30. The molecule has 0 aliphatic carbocycles. The average Bonchev–Trinajstić information content (AvgIpc) is 2.67. The van der Waals surface area contributed by atoms with Crippen LogP contribution in [0.5, 0.6) is 5.75 Å². The van der Waals surface area contributed by atoms with Crippen molar-refractivity contribution in [2.45, 2.75) is 13.8 Å². The number of hydrogen-bond donors (Lipinski definition) is 1. The van der Waals surface area contributed by atoms with Crippen molar-refractivity contribution in [3.05, 3.63) is 53.7 Å². The van der Waals surface area contributed by atoms with E-state index in [4.69, 9.17) is 0 Å². The lowest BCUT2D eigenvalue weighted by Gasteiger charge is -2.03. The molecule has 0 aliphatic heterocycles. The van der Waals surface area contributed by atoms with E-state index in [1.807, 2.05) is 54.9 Å². The van der Waals surface area contributed by atoms with E-state index in [2.05, 4.69) is 5.10 Å². The number of rotatable bonds is 1. The van der Waals surface area contributed by atoms with E-state index in [-0.39, 0.29) is 0 Å². The van der Waals surface area contributed by atoms with Gasteiger partial charge in [0.05, 0.1) is 22.3 Å². The van der Waals surface area contributed by atoms with Gasteiger partial charge in [-0.1, -0.05) is 18.2 Å². The fourth-order valence-electron chi connectivity index (χ4n) is 2.31. The van der Waals surface area contributed by atoms with E-state index in [9.17, 15) is 5.11 Å². The van der Waals surface area contributed by atoms with Gasteiger partial charge in [0.15, 0.2) is 0 Å². The van der Waals surface area contributed by atoms with E-state index >= 15 is 0 Å². The second-order valence-electron chi connectivity index (χ2n) is 4.51. The summed E-state index contributed by atoms with van der Waals surface area (Å²) in [6.07, 6.45) is 0. The molecule has 3 aromatic rings. The van der Waals surface area contributed by atoms with Crippen LogP contribution >= 0.6 is 0 Å². The molecular formula is C15H14N2O. The number of phenolic OH excluding ortho intramolecular Hbond substituents is 1. The van der Waals surface area contributed by atoms with Gasteiger partial charge in [0.2, 0.25) is 0 Å². The van der Waals surface area contributed by atoms with Crippen LogP contribution in [0.2, 0.25) is 0 Å². The predicted octanol–water partition coefficient (Wildman–Crippen LogP) is 3.35. The van der Waals surface area contributed by atoms with E-state index in [0.29, 0.717) is 5.75 Å². The fourth-order valence-corrected chi connectivity index (χ4v) is 2.31. The van der Waals surface area contributed by atoms with Crippen LogP contribution in [0.15, 0.2) is 42.5 Å². The number of nitrogens with zero attached hydrogens (tertiary/aromatic N) is 2. The van der Waals surface area contributed by atoms with Crippen molar-refractivity contribution in [3.63, 3.8) is 0 Å². The Morgan fingerprint density at radius 2 is 1.78 bits per heavy atom. The van der Waals surface area contributed by atoms with Crippen LogP contribution in [0, 0.1) is 13.8 Å². The molecule has 18 heavy (non-hydrogen) atoms. The molecule has 3 nitrogen and oxygen atoms in total. The number of phenols is 1. The van der Waals surface area contributed by atoms with Gasteiger partial charge in [0, 0.05) is 0 Å². The number of para-hydroxylation sites is 1. The maximum absolute atomic E-state index is 10.0. The molecule has 0 saturated carbocycles. The van der Waals surface area contributed by atoms with Gasteiger partial charge >= 0.3 is 0 Å². The van der Waals surface area contributed by atoms with Gasteiger partial charge in [0.1, 0.15) is 5.75 Å². The third-order valence-corrected chi connectivity index (χ3v) is 3.13. The van der Waals surface area contributed by atoms with Crippen molar-refractivity contribution in [2.24, 2.45) is 0 Å². The summed E-state index contributed by atoms with van der Waals surface area (Å²) >= 11 is 0. The number of aromatic hydroxyl groups is 1. The van der Waals surface area contributed by atoms with Crippen LogP contribution in [-0.4, -0.2) is 14.9 Å². The fraction of sp³-hybridized carbons (Fsp3) is 0.133. The molecule has 2 aromatic carbocycles. The monoisotopic (exact) mass is 238 g/mol. The van der Waals surface area contributed by atoms with Gasteiger partial charge < -0.3 is 5.11 Å². The largest absolute Gasteiger partial charge is 0.507 e. The van der Waals surface area contributed by atoms with E-state index in [1.165, 1.54) is 0 Å². The standard InChI is InChI=1S/C15H14N2O/c1-10-8-13-15(14(18)9-10)11(2)17(16-13)12-6-4-3-5-7-12/h3-9,18H,1-2H3. The first-order valence-corrected chi connectivity index (χ1v) is 5.91. The second-order valence-corrected chi connectivity index (χ2v) is 4.51. The summed E-state index contributed by atoms with van der Waals surface area (Å²) < 4.78 is 1.86. The summed E-state index contributed by atoms with van der Waals surface area (Å²) in [6, 6.07) is 13.7. The smallest absolute Gasteiger partial charge is 0.127 e. The molecule has 3 rings (SSSR count). The van der Waals surface area contributed by atoms with Crippen molar-refractivity contribution >= 4 is 10.9 Å². The van der Waals surface area contributed by atoms with Gasteiger partial charge in [-0.3, -0.25) is 0 Å². The van der Waals surface area contributed by atoms with E-state index in [0.717, 1.165) is 27.8 Å². The molecule has 0 amide bonds. The van der Waals surface area contributed by atoms with Crippen molar-refractivity contribution in [3.8, 4) is 11.4 Å². The van der Waals surface area contributed by atoms with Crippen molar-refractivity contribution < 1.29 is 5.11 Å². The lowest BCUT2D eigenvalue weighted by molar-refractivity contribution is 0.481. The molecule has 3 heteroatoms. The maximum atomic E-state index is 10.0. The highest BCUT2D eigenvalue weighted by Gasteiger charge is 2.12. The minimum Gasteiger partial charge on any atom is -0.507 e. The molecule has 1 heterocycles. The van der Waals surface area contributed by atoms with Gasteiger partial charge in [-0.25, -0.2) is 4.68 Å². The first-order valence-electron chi connectivity index (χ1n) is 5.91. The molecule has 90 valence electrons. The Balaban J connectivity index is 2.33. The van der Waals surface area contributed by atoms with E-state index in [1.54, 1.807) is 6.07 Å². The highest BCUT2D eigenvalue weighted by molar-refractivity contribution is 5.88. The van der Waals surface area contributed by atoms with Crippen LogP contribution in [0.1, 0.15) is 11.3 Å². The van der Waals surface area contributed by atoms with Crippen LogP contribution in [0.4, 0.5) is 0 Å². The Morgan fingerprint density at radius 1 is 1.06 bits per heavy atom. The van der Waals surface area contributed by atoms with Gasteiger partial charge in [-0.15, -0.1) is 0 Å². The zero-order valence-corrected chi connectivity index (χ0v) is 10.4. The maximum Gasteiger partial charge on any atom is 0.127 e. The Labute approximate surface area is 105 Å². The normalized spacial score (nSPS) is 11.0. The first-order chi connectivity index (χ1) is 8.66. The topological polar surface area (TPSA) is 38.0 Å². The number of aromatic nitrogens is 2. The van der Waals surface area contributed by atoms with Crippen molar-refractivity contribution in [1.82, 2.24) is 9.78 Å². The Hall–Kier alpha value is -2.29. The Bertz CT molecular complexity index is 714. The molecule has 0 atom stereocenters. The molecule has 0 aliphatic rings. The quantitative estimate of drug-likeness (QED) is 0.706. The molecule has 1 N–H and O–H groups in total. The summed E-state index contributed by atoms with van der Waals surface area (Å²) in [4.78, 5) is 0. The number of hydrogen-bond acceptors (Lipinski definition) is 2. The molecule has 0 bridgehead atoms. The van der Waals surface area contributed by atoms with E-state index < -0.39 is 0 Å². The lowest BCUT2D eigenvalue weighted by Crippen LogP contribution is -1.97. The zero-order chi connectivity index (χ0) is 12.7.